The lowest BCUT2D eigenvalue weighted by Crippen LogP contribution is -2.22. The molecule has 1 aromatic heterocycles. The fourth-order valence-corrected chi connectivity index (χ4v) is 3.08. The van der Waals surface area contributed by atoms with Gasteiger partial charge in [-0.2, -0.15) is 13.5 Å². The molecule has 0 saturated heterocycles. The first kappa shape index (κ1) is 19.7. The van der Waals surface area contributed by atoms with E-state index >= 15 is 0 Å². The van der Waals surface area contributed by atoms with Crippen molar-refractivity contribution in [2.75, 3.05) is 5.32 Å². The number of nitrogens with zero attached hydrogens (tertiary/aromatic N) is 4. The number of rotatable bonds is 7. The summed E-state index contributed by atoms with van der Waals surface area (Å²) in [6.07, 6.45) is 0. The standard InChI is InChI=1S/C18H17F2N5O2S/c1-11-3-7-14(8-4-11)25-18(22-23-24-25)28-12(2)16(26)21-13-5-9-15(10-6-13)27-17(19)20/h3-10,12,17H,1-2H3,(H,21,26). The van der Waals surface area contributed by atoms with Crippen molar-refractivity contribution < 1.29 is 18.3 Å². The van der Waals surface area contributed by atoms with Crippen LogP contribution in [-0.2, 0) is 4.79 Å². The number of benzene rings is 2. The Morgan fingerprint density at radius 2 is 1.82 bits per heavy atom. The smallest absolute Gasteiger partial charge is 0.387 e. The minimum absolute atomic E-state index is 0.0210. The average Bonchev–Trinajstić information content (AvgIpc) is 3.11. The van der Waals surface area contributed by atoms with Crippen molar-refractivity contribution in [2.45, 2.75) is 30.9 Å². The molecule has 2 aromatic carbocycles. The van der Waals surface area contributed by atoms with Gasteiger partial charge in [-0.1, -0.05) is 29.5 Å². The Morgan fingerprint density at radius 3 is 2.46 bits per heavy atom. The first-order valence-corrected chi connectivity index (χ1v) is 9.18. The minimum Gasteiger partial charge on any atom is -0.435 e. The second-order valence-electron chi connectivity index (χ2n) is 5.86. The molecule has 1 unspecified atom stereocenters. The second kappa shape index (κ2) is 8.79. The summed E-state index contributed by atoms with van der Waals surface area (Å²) < 4.78 is 30.2. The number of amides is 1. The summed E-state index contributed by atoms with van der Waals surface area (Å²) in [5.74, 6) is -0.251. The van der Waals surface area contributed by atoms with E-state index in [0.717, 1.165) is 11.3 Å². The quantitative estimate of drug-likeness (QED) is 0.604. The average molecular weight is 405 g/mol. The van der Waals surface area contributed by atoms with Gasteiger partial charge in [0.1, 0.15) is 5.75 Å². The Bertz CT molecular complexity index is 932. The summed E-state index contributed by atoms with van der Waals surface area (Å²) in [4.78, 5) is 12.4. The van der Waals surface area contributed by atoms with Crippen LogP contribution >= 0.6 is 11.8 Å². The first-order valence-electron chi connectivity index (χ1n) is 8.30. The van der Waals surface area contributed by atoms with E-state index in [1.54, 1.807) is 11.6 Å². The zero-order valence-electron chi connectivity index (χ0n) is 15.0. The van der Waals surface area contributed by atoms with Gasteiger partial charge in [0.25, 0.3) is 0 Å². The predicted octanol–water partition coefficient (Wildman–Crippen LogP) is 3.69. The van der Waals surface area contributed by atoms with Crippen molar-refractivity contribution in [3.05, 3.63) is 54.1 Å². The van der Waals surface area contributed by atoms with Crippen molar-refractivity contribution in [1.82, 2.24) is 20.2 Å². The normalized spacial score (nSPS) is 12.0. The zero-order chi connectivity index (χ0) is 20.1. The molecule has 28 heavy (non-hydrogen) atoms. The molecule has 10 heteroatoms. The van der Waals surface area contributed by atoms with Gasteiger partial charge >= 0.3 is 6.61 Å². The third-order valence-corrected chi connectivity index (χ3v) is 4.75. The highest BCUT2D eigenvalue weighted by molar-refractivity contribution is 8.00. The summed E-state index contributed by atoms with van der Waals surface area (Å²) in [5.41, 5.74) is 2.38. The molecule has 0 radical (unpaired) electrons. The zero-order valence-corrected chi connectivity index (χ0v) is 15.9. The van der Waals surface area contributed by atoms with Gasteiger partial charge in [0.15, 0.2) is 0 Å². The minimum atomic E-state index is -2.89. The maximum Gasteiger partial charge on any atom is 0.387 e. The summed E-state index contributed by atoms with van der Waals surface area (Å²) in [6, 6.07) is 13.4. The number of hydrogen-bond acceptors (Lipinski definition) is 6. The third kappa shape index (κ3) is 5.03. The largest absolute Gasteiger partial charge is 0.435 e. The van der Waals surface area contributed by atoms with Crippen LogP contribution < -0.4 is 10.1 Å². The van der Waals surface area contributed by atoms with Crippen molar-refractivity contribution in [3.8, 4) is 11.4 Å². The van der Waals surface area contributed by atoms with E-state index in [4.69, 9.17) is 0 Å². The molecule has 0 spiro atoms. The molecule has 0 aliphatic heterocycles. The van der Waals surface area contributed by atoms with Crippen LogP contribution in [0.15, 0.2) is 53.7 Å². The van der Waals surface area contributed by atoms with Gasteiger partial charge in [-0.25, -0.2) is 0 Å². The van der Waals surface area contributed by atoms with Crippen molar-refractivity contribution in [3.63, 3.8) is 0 Å². The highest BCUT2D eigenvalue weighted by Gasteiger charge is 2.19. The Labute approximate surface area is 164 Å². The molecule has 3 rings (SSSR count). The van der Waals surface area contributed by atoms with Gasteiger partial charge in [-0.05, 0) is 60.7 Å². The lowest BCUT2D eigenvalue weighted by Gasteiger charge is -2.12. The Kier molecular flexibility index (Phi) is 6.19. The van der Waals surface area contributed by atoms with Crippen LogP contribution in [0.3, 0.4) is 0 Å². The number of ether oxygens (including phenoxy) is 1. The van der Waals surface area contributed by atoms with Crippen LogP contribution in [0.5, 0.6) is 5.75 Å². The van der Waals surface area contributed by atoms with E-state index < -0.39 is 11.9 Å². The number of nitrogens with one attached hydrogen (secondary N) is 1. The summed E-state index contributed by atoms with van der Waals surface area (Å²) in [7, 11) is 0. The SMILES string of the molecule is Cc1ccc(-n2nnnc2SC(C)C(=O)Nc2ccc(OC(F)F)cc2)cc1. The van der Waals surface area contributed by atoms with Crippen molar-refractivity contribution in [2.24, 2.45) is 0 Å². The summed E-state index contributed by atoms with van der Waals surface area (Å²) >= 11 is 1.21. The number of aryl methyl sites for hydroxylation is 1. The van der Waals surface area contributed by atoms with Crippen LogP contribution in [0.1, 0.15) is 12.5 Å². The van der Waals surface area contributed by atoms with Crippen LogP contribution in [0, 0.1) is 6.92 Å². The highest BCUT2D eigenvalue weighted by atomic mass is 32.2. The van der Waals surface area contributed by atoms with E-state index in [2.05, 4.69) is 25.6 Å². The van der Waals surface area contributed by atoms with Gasteiger partial charge in [0, 0.05) is 5.69 Å². The Balaban J connectivity index is 1.63. The molecule has 3 aromatic rings. The lowest BCUT2D eigenvalue weighted by molar-refractivity contribution is -0.115. The number of alkyl halides is 2. The topological polar surface area (TPSA) is 81.9 Å². The molecule has 146 valence electrons. The molecule has 1 heterocycles. The van der Waals surface area contributed by atoms with Gasteiger partial charge in [-0.3, -0.25) is 4.79 Å². The number of hydrogen-bond donors (Lipinski definition) is 1. The van der Waals surface area contributed by atoms with Crippen LogP contribution in [0.2, 0.25) is 0 Å². The van der Waals surface area contributed by atoms with Crippen molar-refractivity contribution >= 4 is 23.4 Å². The number of anilines is 1. The molecular weight excluding hydrogens is 388 g/mol. The Hall–Kier alpha value is -3.01. The second-order valence-corrected chi connectivity index (χ2v) is 7.17. The van der Waals surface area contributed by atoms with Crippen LogP contribution in [0.25, 0.3) is 5.69 Å². The van der Waals surface area contributed by atoms with E-state index in [9.17, 15) is 13.6 Å². The van der Waals surface area contributed by atoms with E-state index in [1.165, 1.54) is 36.0 Å². The Morgan fingerprint density at radius 1 is 1.14 bits per heavy atom. The van der Waals surface area contributed by atoms with E-state index in [-0.39, 0.29) is 11.7 Å². The number of tetrazole rings is 1. The first-order chi connectivity index (χ1) is 13.4. The fraction of sp³-hybridized carbons (Fsp3) is 0.222. The maximum absolute atomic E-state index is 12.4. The van der Waals surface area contributed by atoms with Gasteiger partial charge in [-0.15, -0.1) is 5.10 Å². The number of carbonyl (C=O) groups is 1. The molecule has 0 bridgehead atoms. The van der Waals surface area contributed by atoms with E-state index in [0.29, 0.717) is 10.8 Å². The number of carbonyl (C=O) groups excluding carboxylic acids is 1. The molecule has 0 saturated carbocycles. The lowest BCUT2D eigenvalue weighted by atomic mass is 10.2. The molecule has 0 fully saturated rings. The van der Waals surface area contributed by atoms with Gasteiger partial charge in [0.05, 0.1) is 10.9 Å². The number of aromatic nitrogens is 4. The number of halogens is 2. The summed E-state index contributed by atoms with van der Waals surface area (Å²) in [6.45, 7) is 0.816. The fourth-order valence-electron chi connectivity index (χ4n) is 2.28. The molecule has 0 aliphatic carbocycles. The monoisotopic (exact) mass is 405 g/mol. The third-order valence-electron chi connectivity index (χ3n) is 3.72. The molecular formula is C18H17F2N5O2S. The van der Waals surface area contributed by atoms with Gasteiger partial charge < -0.3 is 10.1 Å². The number of thioether (sulfide) groups is 1. The molecule has 1 amide bonds. The van der Waals surface area contributed by atoms with E-state index in [1.807, 2.05) is 31.2 Å². The van der Waals surface area contributed by atoms with Crippen LogP contribution in [-0.4, -0.2) is 38.0 Å². The predicted molar refractivity (Wildman–Crippen MR) is 101 cm³/mol. The van der Waals surface area contributed by atoms with Gasteiger partial charge in [0.2, 0.25) is 11.1 Å². The molecule has 7 nitrogen and oxygen atoms in total. The molecule has 1 N–H and O–H groups in total. The molecule has 0 aliphatic rings. The summed E-state index contributed by atoms with van der Waals surface area (Å²) in [5, 5.41) is 14.3. The maximum atomic E-state index is 12.4. The van der Waals surface area contributed by atoms with Crippen molar-refractivity contribution in [1.29, 1.82) is 0 Å². The molecule has 1 atom stereocenters. The van der Waals surface area contributed by atoms with Crippen LogP contribution in [0.4, 0.5) is 14.5 Å². The highest BCUT2D eigenvalue weighted by Crippen LogP contribution is 2.24.